The number of carboxylic acid groups (broad SMARTS) is 3. The summed E-state index contributed by atoms with van der Waals surface area (Å²) in [6.45, 7) is 3.44. The molecule has 7 N–H and O–H groups in total. The molecular formula is C24H28O13. The smallest absolute Gasteiger partial charge is 0.346 e. The predicted molar refractivity (Wildman–Crippen MR) is 126 cm³/mol. The molecule has 3 rings (SSSR count). The van der Waals surface area contributed by atoms with Crippen LogP contribution in [0.4, 0.5) is 0 Å². The van der Waals surface area contributed by atoms with Crippen LogP contribution < -0.4 is 0 Å². The topological polar surface area (TPSA) is 236 Å². The van der Waals surface area contributed by atoms with Crippen molar-refractivity contribution in [2.75, 3.05) is 26.4 Å². The second-order valence-electron chi connectivity index (χ2n) is 7.86. The van der Waals surface area contributed by atoms with E-state index in [1.165, 1.54) is 36.4 Å². The van der Waals surface area contributed by atoms with Crippen molar-refractivity contribution in [3.63, 3.8) is 0 Å². The molecule has 0 amide bonds. The Kier molecular flexibility index (Phi) is 14.0. The Balaban J connectivity index is 0.000000512. The van der Waals surface area contributed by atoms with Crippen molar-refractivity contribution < 1.29 is 64.5 Å². The van der Waals surface area contributed by atoms with Crippen molar-refractivity contribution >= 4 is 29.8 Å². The molecule has 0 saturated carbocycles. The summed E-state index contributed by atoms with van der Waals surface area (Å²) < 4.78 is 4.30. The molecular weight excluding hydrogens is 496 g/mol. The molecule has 2 aromatic rings. The van der Waals surface area contributed by atoms with Gasteiger partial charge in [0, 0.05) is 5.41 Å². The molecule has 1 aliphatic rings. The number of fused-ring (bicyclic) bond motifs is 1. The minimum Gasteiger partial charge on any atom is -0.478 e. The monoisotopic (exact) mass is 524 g/mol. The summed E-state index contributed by atoms with van der Waals surface area (Å²) in [5.74, 6) is -4.81. The van der Waals surface area contributed by atoms with E-state index >= 15 is 0 Å². The van der Waals surface area contributed by atoms with E-state index < -0.39 is 29.8 Å². The van der Waals surface area contributed by atoms with Crippen LogP contribution in [0, 0.1) is 5.41 Å². The van der Waals surface area contributed by atoms with Crippen molar-refractivity contribution in [3.05, 3.63) is 70.3 Å². The highest BCUT2D eigenvalue weighted by Gasteiger charge is 2.30. The lowest BCUT2D eigenvalue weighted by molar-refractivity contribution is 0.0442. The van der Waals surface area contributed by atoms with Crippen LogP contribution in [-0.2, 0) is 4.74 Å². The summed E-state index contributed by atoms with van der Waals surface area (Å²) in [7, 11) is 0. The molecule has 13 heteroatoms. The predicted octanol–water partition coefficient (Wildman–Crippen LogP) is 0.747. The van der Waals surface area contributed by atoms with Gasteiger partial charge in [0.15, 0.2) is 0 Å². The number of hydrogen-bond acceptors (Lipinski definition) is 10. The van der Waals surface area contributed by atoms with Crippen LogP contribution in [0.2, 0.25) is 0 Å². The molecule has 1 heterocycles. The highest BCUT2D eigenvalue weighted by atomic mass is 16.6. The maximum atomic E-state index is 11.0. The number of cyclic esters (lactones) is 2. The fourth-order valence-corrected chi connectivity index (χ4v) is 2.02. The van der Waals surface area contributed by atoms with E-state index in [9.17, 15) is 24.0 Å². The van der Waals surface area contributed by atoms with Gasteiger partial charge in [-0.15, -0.1) is 0 Å². The first kappa shape index (κ1) is 32.8. The normalized spacial score (nSPS) is 11.3. The Morgan fingerprint density at radius 2 is 1.00 bits per heavy atom. The molecule has 0 radical (unpaired) electrons. The van der Waals surface area contributed by atoms with Gasteiger partial charge in [-0.3, -0.25) is 0 Å². The Hall–Kier alpha value is -4.17. The number of aliphatic hydroxyl groups is 4. The lowest BCUT2D eigenvalue weighted by Gasteiger charge is -2.16. The van der Waals surface area contributed by atoms with Crippen LogP contribution in [-0.4, -0.2) is 92.0 Å². The van der Waals surface area contributed by atoms with E-state index in [4.69, 9.17) is 35.7 Å². The van der Waals surface area contributed by atoms with Crippen LogP contribution in [0.1, 0.15) is 65.6 Å². The second kappa shape index (κ2) is 15.7. The number of esters is 2. The van der Waals surface area contributed by atoms with Gasteiger partial charge in [-0.2, -0.15) is 0 Å². The second-order valence-corrected chi connectivity index (χ2v) is 7.86. The molecule has 0 bridgehead atoms. The minimum absolute atomic E-state index is 0.00917. The Morgan fingerprint density at radius 1 is 0.649 bits per heavy atom. The molecule has 202 valence electrons. The average Bonchev–Trinajstić information content (AvgIpc) is 3.17. The van der Waals surface area contributed by atoms with Crippen LogP contribution >= 0.6 is 0 Å². The highest BCUT2D eigenvalue weighted by molar-refractivity contribution is 6.15. The number of aliphatic hydroxyl groups excluding tert-OH is 4. The van der Waals surface area contributed by atoms with Gasteiger partial charge in [-0.1, -0.05) is 13.8 Å². The average molecular weight is 524 g/mol. The summed E-state index contributed by atoms with van der Waals surface area (Å²) >= 11 is 0. The summed E-state index contributed by atoms with van der Waals surface area (Å²) in [6.07, 6.45) is 0. The first-order chi connectivity index (χ1) is 17.2. The molecule has 0 saturated heterocycles. The minimum atomic E-state index is -1.15. The Labute approximate surface area is 210 Å². The third-order valence-corrected chi connectivity index (χ3v) is 4.23. The Morgan fingerprint density at radius 3 is 1.30 bits per heavy atom. The summed E-state index contributed by atoms with van der Waals surface area (Å²) in [4.78, 5) is 53.2. The molecule has 2 aromatic carbocycles. The van der Waals surface area contributed by atoms with Gasteiger partial charge >= 0.3 is 29.8 Å². The fraction of sp³-hybridized carbons (Fsp3) is 0.292. The van der Waals surface area contributed by atoms with Gasteiger partial charge < -0.3 is 40.5 Å². The van der Waals surface area contributed by atoms with E-state index in [0.717, 1.165) is 6.07 Å². The summed E-state index contributed by atoms with van der Waals surface area (Å²) in [6, 6.07) is 8.67. The maximum Gasteiger partial charge on any atom is 0.346 e. The number of hydrogen-bond donors (Lipinski definition) is 7. The number of carboxylic acids is 3. The van der Waals surface area contributed by atoms with Crippen LogP contribution in [0.25, 0.3) is 0 Å². The van der Waals surface area contributed by atoms with Crippen LogP contribution in [0.15, 0.2) is 42.5 Å². The quantitative estimate of drug-likeness (QED) is 0.204. The summed E-state index contributed by atoms with van der Waals surface area (Å²) in [5.41, 5.74) is -0.0645. The molecule has 37 heavy (non-hydrogen) atoms. The summed E-state index contributed by atoms with van der Waals surface area (Å²) in [5, 5.41) is 57.7. The number of benzene rings is 2. The zero-order chi connectivity index (χ0) is 28.8. The number of aromatic carboxylic acids is 3. The van der Waals surface area contributed by atoms with Crippen LogP contribution in [0.3, 0.4) is 0 Å². The van der Waals surface area contributed by atoms with Gasteiger partial charge in [-0.05, 0) is 42.5 Å². The molecule has 0 unspecified atom stereocenters. The zero-order valence-electron chi connectivity index (χ0n) is 19.9. The van der Waals surface area contributed by atoms with E-state index in [1.807, 2.05) is 0 Å². The van der Waals surface area contributed by atoms with Crippen LogP contribution in [0.5, 0.6) is 0 Å². The molecule has 1 aliphatic heterocycles. The number of rotatable bonds is 6. The highest BCUT2D eigenvalue weighted by Crippen LogP contribution is 2.21. The largest absolute Gasteiger partial charge is 0.478 e. The van der Waals surface area contributed by atoms with Gasteiger partial charge in [0.05, 0.1) is 54.2 Å². The van der Waals surface area contributed by atoms with E-state index in [-0.39, 0.29) is 59.7 Å². The lowest BCUT2D eigenvalue weighted by atomic mass is 9.97. The van der Waals surface area contributed by atoms with Gasteiger partial charge in [0.1, 0.15) is 0 Å². The van der Waals surface area contributed by atoms with E-state index in [2.05, 4.69) is 4.74 Å². The van der Waals surface area contributed by atoms with Crippen molar-refractivity contribution in [3.8, 4) is 0 Å². The SMILES string of the molecule is CC(C)(CO)CO.O=C(O)c1ccc(C(=O)O)cc1.O=C(O)c1ccc2c(c1)C(=O)OC2=O.OCCO. The van der Waals surface area contributed by atoms with Crippen molar-refractivity contribution in [2.24, 2.45) is 5.41 Å². The maximum absolute atomic E-state index is 11.0. The standard InChI is InChI=1S/C9H4O5.C8H6O4.C5H12O2.C2H6O2/c10-7(11)4-1-2-5-6(3-4)9(13)14-8(5)12;9-7(10)5-1-2-6(4-3-5)8(11)12;1-5(2,3-6)4-7;3-1-2-4/h1-3H,(H,10,11);1-4H,(H,9,10)(H,11,12);6-7H,3-4H2,1-2H3;3-4H,1-2H2. The van der Waals surface area contributed by atoms with E-state index in [0.29, 0.717) is 0 Å². The van der Waals surface area contributed by atoms with Crippen molar-refractivity contribution in [1.82, 2.24) is 0 Å². The molecule has 0 atom stereocenters. The molecule has 0 aliphatic carbocycles. The third kappa shape index (κ3) is 11.4. The molecule has 0 spiro atoms. The Bertz CT molecular complexity index is 1050. The fourth-order valence-electron chi connectivity index (χ4n) is 2.02. The molecule has 13 nitrogen and oxygen atoms in total. The number of ether oxygens (including phenoxy) is 1. The van der Waals surface area contributed by atoms with Gasteiger partial charge in [0.2, 0.25) is 0 Å². The zero-order valence-corrected chi connectivity index (χ0v) is 19.9. The number of carbonyl (C=O) groups is 5. The number of carbonyl (C=O) groups excluding carboxylic acids is 2. The first-order valence-corrected chi connectivity index (χ1v) is 10.4. The lowest BCUT2D eigenvalue weighted by Crippen LogP contribution is -2.20. The van der Waals surface area contributed by atoms with Gasteiger partial charge in [0.25, 0.3) is 0 Å². The third-order valence-electron chi connectivity index (χ3n) is 4.23. The van der Waals surface area contributed by atoms with Crippen molar-refractivity contribution in [1.29, 1.82) is 0 Å². The molecule has 0 fully saturated rings. The van der Waals surface area contributed by atoms with Gasteiger partial charge in [-0.25, -0.2) is 24.0 Å². The van der Waals surface area contributed by atoms with Crippen molar-refractivity contribution in [2.45, 2.75) is 13.8 Å². The van der Waals surface area contributed by atoms with E-state index in [1.54, 1.807) is 13.8 Å². The first-order valence-electron chi connectivity index (χ1n) is 10.4. The molecule has 0 aromatic heterocycles.